The molecular weight excluding hydrogens is 337 g/mol. The minimum absolute atomic E-state index is 0.265. The zero-order valence-corrected chi connectivity index (χ0v) is 12.4. The molecule has 1 atom stereocenters. The lowest BCUT2D eigenvalue weighted by Crippen LogP contribution is -2.18. The fraction of sp³-hybridized carbons (Fsp3) is 0.200. The van der Waals surface area contributed by atoms with Gasteiger partial charge in [-0.05, 0) is 53.3 Å². The van der Waals surface area contributed by atoms with E-state index in [4.69, 9.17) is 0 Å². The van der Waals surface area contributed by atoms with Crippen LogP contribution in [0, 0.1) is 3.57 Å². The first-order valence-electron chi connectivity index (χ1n) is 5.92. The number of aromatic hydroxyl groups is 1. The van der Waals surface area contributed by atoms with Crippen LogP contribution in [0.4, 0.5) is 0 Å². The minimum atomic E-state index is 0.265. The maximum absolute atomic E-state index is 9.69. The van der Waals surface area contributed by atoms with Crippen LogP contribution in [0.15, 0.2) is 48.5 Å². The predicted octanol–water partition coefficient (Wildman–Crippen LogP) is 3.85. The van der Waals surface area contributed by atoms with Crippen LogP contribution in [0.25, 0.3) is 0 Å². The molecule has 0 aromatic heterocycles. The highest BCUT2D eigenvalue weighted by molar-refractivity contribution is 14.1. The first-order valence-corrected chi connectivity index (χ1v) is 7.00. The van der Waals surface area contributed by atoms with E-state index in [1.54, 1.807) is 6.07 Å². The van der Waals surface area contributed by atoms with Gasteiger partial charge >= 0.3 is 0 Å². The summed E-state index contributed by atoms with van der Waals surface area (Å²) in [4.78, 5) is 0. The van der Waals surface area contributed by atoms with Crippen molar-refractivity contribution < 1.29 is 5.11 Å². The zero-order valence-electron chi connectivity index (χ0n) is 10.2. The lowest BCUT2D eigenvalue weighted by atomic mass is 10.1. The molecule has 0 amide bonds. The summed E-state index contributed by atoms with van der Waals surface area (Å²) in [6.07, 6.45) is 0. The van der Waals surface area contributed by atoms with Crippen LogP contribution < -0.4 is 5.32 Å². The SMILES string of the molecule is CC(NCc1ccccc1O)c1ccc(I)cc1. The van der Waals surface area contributed by atoms with Crippen molar-refractivity contribution >= 4 is 22.6 Å². The largest absolute Gasteiger partial charge is 0.508 e. The average Bonchev–Trinajstić information content (AvgIpc) is 2.38. The molecule has 0 saturated carbocycles. The summed E-state index contributed by atoms with van der Waals surface area (Å²) in [6, 6.07) is 16.2. The summed E-state index contributed by atoms with van der Waals surface area (Å²) in [5.74, 6) is 0.347. The van der Waals surface area contributed by atoms with Crippen molar-refractivity contribution in [2.45, 2.75) is 19.5 Å². The topological polar surface area (TPSA) is 32.3 Å². The Bertz CT molecular complexity index is 510. The number of hydrogen-bond acceptors (Lipinski definition) is 2. The van der Waals surface area contributed by atoms with E-state index in [0.717, 1.165) is 5.56 Å². The van der Waals surface area contributed by atoms with Crippen molar-refractivity contribution in [3.63, 3.8) is 0 Å². The molecule has 2 nitrogen and oxygen atoms in total. The van der Waals surface area contributed by atoms with Crippen molar-refractivity contribution in [3.05, 3.63) is 63.2 Å². The maximum atomic E-state index is 9.69. The predicted molar refractivity (Wildman–Crippen MR) is 82.5 cm³/mol. The molecule has 0 fully saturated rings. The minimum Gasteiger partial charge on any atom is -0.508 e. The monoisotopic (exact) mass is 353 g/mol. The van der Waals surface area contributed by atoms with E-state index in [0.29, 0.717) is 12.3 Å². The Kier molecular flexibility index (Phi) is 4.60. The van der Waals surface area contributed by atoms with Crippen LogP contribution in [0.5, 0.6) is 5.75 Å². The van der Waals surface area contributed by atoms with E-state index in [1.807, 2.05) is 18.2 Å². The molecule has 3 heteroatoms. The Morgan fingerprint density at radius 1 is 1.11 bits per heavy atom. The van der Waals surface area contributed by atoms with Crippen molar-refractivity contribution in [3.8, 4) is 5.75 Å². The Labute approximate surface area is 121 Å². The molecule has 0 aliphatic heterocycles. The smallest absolute Gasteiger partial charge is 0.120 e. The second-order valence-corrected chi connectivity index (χ2v) is 5.53. The molecule has 2 N–H and O–H groups in total. The van der Waals surface area contributed by atoms with Gasteiger partial charge in [0, 0.05) is 21.7 Å². The van der Waals surface area contributed by atoms with E-state index in [9.17, 15) is 5.11 Å². The van der Waals surface area contributed by atoms with E-state index < -0.39 is 0 Å². The fourth-order valence-corrected chi connectivity index (χ4v) is 2.15. The second kappa shape index (κ2) is 6.20. The zero-order chi connectivity index (χ0) is 13.0. The lowest BCUT2D eigenvalue weighted by Gasteiger charge is -2.15. The van der Waals surface area contributed by atoms with Gasteiger partial charge in [-0.25, -0.2) is 0 Å². The van der Waals surface area contributed by atoms with Gasteiger partial charge in [0.2, 0.25) is 0 Å². The molecule has 0 radical (unpaired) electrons. The molecule has 0 aliphatic rings. The Morgan fingerprint density at radius 2 is 1.78 bits per heavy atom. The number of hydrogen-bond donors (Lipinski definition) is 2. The third-order valence-electron chi connectivity index (χ3n) is 2.96. The first kappa shape index (κ1) is 13.4. The van der Waals surface area contributed by atoms with Gasteiger partial charge in [0.15, 0.2) is 0 Å². The normalized spacial score (nSPS) is 12.3. The van der Waals surface area contributed by atoms with Gasteiger partial charge in [0.05, 0.1) is 0 Å². The number of para-hydroxylation sites is 1. The number of rotatable bonds is 4. The van der Waals surface area contributed by atoms with Gasteiger partial charge in [-0.15, -0.1) is 0 Å². The third kappa shape index (κ3) is 3.46. The van der Waals surface area contributed by atoms with Crippen LogP contribution in [0.2, 0.25) is 0 Å². The van der Waals surface area contributed by atoms with Crippen molar-refractivity contribution in [1.29, 1.82) is 0 Å². The Balaban J connectivity index is 1.98. The molecule has 2 aromatic rings. The molecule has 94 valence electrons. The summed E-state index contributed by atoms with van der Waals surface area (Å²) < 4.78 is 1.24. The van der Waals surface area contributed by atoms with Crippen LogP contribution in [0.3, 0.4) is 0 Å². The molecule has 1 unspecified atom stereocenters. The van der Waals surface area contributed by atoms with Crippen LogP contribution in [-0.4, -0.2) is 5.11 Å². The van der Waals surface area contributed by atoms with Crippen molar-refractivity contribution in [1.82, 2.24) is 5.32 Å². The third-order valence-corrected chi connectivity index (χ3v) is 3.68. The van der Waals surface area contributed by atoms with Gasteiger partial charge in [-0.2, -0.15) is 0 Å². The highest BCUT2D eigenvalue weighted by Gasteiger charge is 2.06. The number of phenolic OH excluding ortho intramolecular Hbond substituents is 1. The molecule has 0 aliphatic carbocycles. The molecule has 0 bridgehead atoms. The molecule has 0 spiro atoms. The van der Waals surface area contributed by atoms with Crippen molar-refractivity contribution in [2.75, 3.05) is 0 Å². The molecule has 0 heterocycles. The van der Waals surface area contributed by atoms with E-state index in [-0.39, 0.29) is 6.04 Å². The van der Waals surface area contributed by atoms with Crippen LogP contribution in [0.1, 0.15) is 24.1 Å². The van der Waals surface area contributed by atoms with Gasteiger partial charge in [-0.1, -0.05) is 30.3 Å². The van der Waals surface area contributed by atoms with Crippen LogP contribution in [-0.2, 0) is 6.54 Å². The Morgan fingerprint density at radius 3 is 2.44 bits per heavy atom. The van der Waals surface area contributed by atoms with Gasteiger partial charge in [0.1, 0.15) is 5.75 Å². The van der Waals surface area contributed by atoms with Crippen molar-refractivity contribution in [2.24, 2.45) is 0 Å². The molecule has 0 saturated heterocycles. The van der Waals surface area contributed by atoms with E-state index >= 15 is 0 Å². The summed E-state index contributed by atoms with van der Waals surface area (Å²) in [5.41, 5.74) is 2.18. The van der Waals surface area contributed by atoms with E-state index in [1.165, 1.54) is 9.13 Å². The first-order chi connectivity index (χ1) is 8.66. The standard InChI is InChI=1S/C15H16INO/c1-11(12-6-8-14(16)9-7-12)17-10-13-4-2-3-5-15(13)18/h2-9,11,17-18H,10H2,1H3. The van der Waals surface area contributed by atoms with Gasteiger partial charge in [-0.3, -0.25) is 0 Å². The molecule has 18 heavy (non-hydrogen) atoms. The number of nitrogens with one attached hydrogen (secondary N) is 1. The number of benzene rings is 2. The summed E-state index contributed by atoms with van der Waals surface area (Å²) in [7, 11) is 0. The number of halogens is 1. The Hall–Kier alpha value is -1.07. The maximum Gasteiger partial charge on any atom is 0.120 e. The quantitative estimate of drug-likeness (QED) is 0.819. The highest BCUT2D eigenvalue weighted by atomic mass is 127. The fourth-order valence-electron chi connectivity index (χ4n) is 1.79. The average molecular weight is 353 g/mol. The van der Waals surface area contributed by atoms with Crippen LogP contribution >= 0.6 is 22.6 Å². The molecule has 2 aromatic carbocycles. The summed E-state index contributed by atoms with van der Waals surface area (Å²) >= 11 is 2.30. The molecular formula is C15H16INO. The van der Waals surface area contributed by atoms with E-state index in [2.05, 4.69) is 59.1 Å². The second-order valence-electron chi connectivity index (χ2n) is 4.28. The highest BCUT2D eigenvalue weighted by Crippen LogP contribution is 2.18. The lowest BCUT2D eigenvalue weighted by molar-refractivity contribution is 0.460. The summed E-state index contributed by atoms with van der Waals surface area (Å²) in [6.45, 7) is 2.79. The van der Waals surface area contributed by atoms with Gasteiger partial charge < -0.3 is 10.4 Å². The summed E-state index contributed by atoms with van der Waals surface area (Å²) in [5, 5.41) is 13.1. The molecule has 2 rings (SSSR count). The van der Waals surface area contributed by atoms with Gasteiger partial charge in [0.25, 0.3) is 0 Å². The number of phenols is 1.